The van der Waals surface area contributed by atoms with Gasteiger partial charge in [0, 0.05) is 11.6 Å². The molecule has 1 aliphatic rings. The van der Waals surface area contributed by atoms with Crippen LogP contribution in [-0.4, -0.2) is 23.3 Å². The molecule has 0 bridgehead atoms. The van der Waals surface area contributed by atoms with Crippen molar-refractivity contribution >= 4 is 11.8 Å². The minimum atomic E-state index is -4.50. The lowest BCUT2D eigenvalue weighted by molar-refractivity contribution is -0.137. The van der Waals surface area contributed by atoms with Crippen molar-refractivity contribution in [3.8, 4) is 0 Å². The van der Waals surface area contributed by atoms with Crippen LogP contribution in [0.15, 0.2) is 18.2 Å². The van der Waals surface area contributed by atoms with Gasteiger partial charge in [0.25, 0.3) is 0 Å². The minimum absolute atomic E-state index is 0.102. The van der Waals surface area contributed by atoms with Crippen LogP contribution in [0.25, 0.3) is 0 Å². The number of rotatable bonds is 2. The molecule has 0 saturated carbocycles. The summed E-state index contributed by atoms with van der Waals surface area (Å²) < 4.78 is 43.8. The summed E-state index contributed by atoms with van der Waals surface area (Å²) in [5.74, 6) is 0. The molecule has 4 nitrogen and oxygen atoms in total. The number of carbonyl (C=O) groups excluding carboxylic acids is 1. The monoisotopic (exact) mass is 331 g/mol. The zero-order chi connectivity index (χ0) is 17.4. The van der Waals surface area contributed by atoms with Crippen LogP contribution in [0.4, 0.5) is 23.7 Å². The number of ether oxygens (including phenoxy) is 1. The molecule has 1 heterocycles. The van der Waals surface area contributed by atoms with E-state index in [1.54, 1.807) is 13.8 Å². The molecule has 1 amide bonds. The first-order valence-corrected chi connectivity index (χ1v) is 7.54. The van der Waals surface area contributed by atoms with E-state index in [1.165, 1.54) is 11.0 Å². The van der Waals surface area contributed by atoms with E-state index in [1.807, 2.05) is 6.92 Å². The molecule has 1 aliphatic heterocycles. The fourth-order valence-electron chi connectivity index (χ4n) is 2.76. The number of carbonyl (C=O) groups is 1. The zero-order valence-electron chi connectivity index (χ0n) is 13.2. The number of anilines is 1. The van der Waals surface area contributed by atoms with E-state index in [4.69, 9.17) is 4.74 Å². The van der Waals surface area contributed by atoms with Crippen LogP contribution >= 0.6 is 0 Å². The Morgan fingerprint density at radius 2 is 2.09 bits per heavy atom. The highest BCUT2D eigenvalue weighted by molar-refractivity contribution is 5.90. The van der Waals surface area contributed by atoms with Gasteiger partial charge in [0.15, 0.2) is 0 Å². The molecule has 1 aromatic rings. The molecule has 23 heavy (non-hydrogen) atoms. The van der Waals surface area contributed by atoms with Gasteiger partial charge in [0.05, 0.1) is 23.5 Å². The second-order valence-corrected chi connectivity index (χ2v) is 5.89. The Hall–Kier alpha value is -1.76. The number of nitrogens with zero attached hydrogens (tertiary/aromatic N) is 1. The number of benzene rings is 1. The summed E-state index contributed by atoms with van der Waals surface area (Å²) in [7, 11) is 0. The smallest absolute Gasteiger partial charge is 0.416 e. The van der Waals surface area contributed by atoms with Crippen molar-refractivity contribution in [3.05, 3.63) is 29.3 Å². The third kappa shape index (κ3) is 3.60. The molecular formula is C16H20F3NO3. The molecule has 7 heteroatoms. The van der Waals surface area contributed by atoms with Crippen molar-refractivity contribution in [2.24, 2.45) is 0 Å². The van der Waals surface area contributed by atoms with Crippen molar-refractivity contribution in [3.63, 3.8) is 0 Å². The van der Waals surface area contributed by atoms with Gasteiger partial charge < -0.3 is 9.84 Å². The van der Waals surface area contributed by atoms with E-state index < -0.39 is 23.9 Å². The highest BCUT2D eigenvalue weighted by atomic mass is 19.4. The normalized spacial score (nSPS) is 21.3. The molecule has 0 spiro atoms. The number of halogens is 3. The Bertz CT molecular complexity index is 586. The fraction of sp³-hybridized carbons (Fsp3) is 0.562. The van der Waals surface area contributed by atoms with Gasteiger partial charge in [-0.15, -0.1) is 0 Å². The first kappa shape index (κ1) is 17.6. The third-order valence-corrected chi connectivity index (χ3v) is 3.84. The van der Waals surface area contributed by atoms with Gasteiger partial charge in [-0.05, 0) is 44.9 Å². The molecule has 0 radical (unpaired) electrons. The number of alkyl halides is 3. The van der Waals surface area contributed by atoms with E-state index in [-0.39, 0.29) is 29.8 Å². The molecule has 128 valence electrons. The molecule has 0 aliphatic carbocycles. The number of fused-ring (bicyclic) bond motifs is 1. The Kier molecular flexibility index (Phi) is 4.89. The first-order valence-electron chi connectivity index (χ1n) is 7.54. The number of hydrogen-bond donors (Lipinski definition) is 1. The first-order chi connectivity index (χ1) is 10.6. The van der Waals surface area contributed by atoms with E-state index >= 15 is 0 Å². The predicted molar refractivity (Wildman–Crippen MR) is 79.2 cm³/mol. The Labute approximate surface area is 132 Å². The predicted octanol–water partition coefficient (Wildman–Crippen LogP) is 4.27. The molecule has 1 unspecified atom stereocenters. The summed E-state index contributed by atoms with van der Waals surface area (Å²) in [5, 5.41) is 10.2. The average Bonchev–Trinajstić information content (AvgIpc) is 2.44. The maximum Gasteiger partial charge on any atom is 0.416 e. The lowest BCUT2D eigenvalue weighted by Crippen LogP contribution is -2.45. The largest absolute Gasteiger partial charge is 0.446 e. The van der Waals surface area contributed by atoms with Crippen molar-refractivity contribution in [1.29, 1.82) is 0 Å². The summed E-state index contributed by atoms with van der Waals surface area (Å²) in [6, 6.07) is 2.73. The standard InChI is InChI=1S/C16H20F3NO3/c1-4-11-8-14(21)12-7-10(16(17,18)19)5-6-13(12)20(11)15(22)23-9(2)3/h5-7,9,11,14,21H,4,8H2,1-3H3/t11-,14?/m1/s1. The minimum Gasteiger partial charge on any atom is -0.446 e. The highest BCUT2D eigenvalue weighted by Crippen LogP contribution is 2.41. The average molecular weight is 331 g/mol. The number of amides is 1. The van der Waals surface area contributed by atoms with E-state index in [9.17, 15) is 23.1 Å². The maximum absolute atomic E-state index is 12.9. The van der Waals surface area contributed by atoms with E-state index in [0.29, 0.717) is 6.42 Å². The Morgan fingerprint density at radius 1 is 1.43 bits per heavy atom. The summed E-state index contributed by atoms with van der Waals surface area (Å²) in [4.78, 5) is 13.7. The molecule has 1 N–H and O–H groups in total. The van der Waals surface area contributed by atoms with Gasteiger partial charge in [-0.25, -0.2) is 4.79 Å². The fourth-order valence-corrected chi connectivity index (χ4v) is 2.76. The van der Waals surface area contributed by atoms with Crippen molar-refractivity contribution < 1.29 is 27.8 Å². The maximum atomic E-state index is 12.9. The van der Waals surface area contributed by atoms with Gasteiger partial charge >= 0.3 is 12.3 Å². The van der Waals surface area contributed by atoms with Crippen LogP contribution < -0.4 is 4.90 Å². The SMILES string of the molecule is CC[C@@H]1CC(O)c2cc(C(F)(F)F)ccc2N1C(=O)OC(C)C. The second kappa shape index (κ2) is 6.39. The molecule has 0 fully saturated rings. The summed E-state index contributed by atoms with van der Waals surface area (Å²) in [5.41, 5.74) is -0.470. The quantitative estimate of drug-likeness (QED) is 0.880. The van der Waals surface area contributed by atoms with Gasteiger partial charge in [-0.2, -0.15) is 13.2 Å². The molecule has 1 aromatic carbocycles. The molecule has 0 aromatic heterocycles. The van der Waals surface area contributed by atoms with Crippen LogP contribution in [0.5, 0.6) is 0 Å². The van der Waals surface area contributed by atoms with Gasteiger partial charge in [-0.3, -0.25) is 4.90 Å². The van der Waals surface area contributed by atoms with Gasteiger partial charge in [-0.1, -0.05) is 6.92 Å². The summed E-state index contributed by atoms with van der Waals surface area (Å²) >= 11 is 0. The molecule has 2 rings (SSSR count). The van der Waals surface area contributed by atoms with Crippen LogP contribution in [0.1, 0.15) is 50.8 Å². The Morgan fingerprint density at radius 3 is 2.61 bits per heavy atom. The van der Waals surface area contributed by atoms with Crippen LogP contribution in [0.3, 0.4) is 0 Å². The summed E-state index contributed by atoms with van der Waals surface area (Å²) in [6.45, 7) is 5.25. The molecule has 2 atom stereocenters. The van der Waals surface area contributed by atoms with Gasteiger partial charge in [0.1, 0.15) is 0 Å². The van der Waals surface area contributed by atoms with Crippen LogP contribution in [0, 0.1) is 0 Å². The summed E-state index contributed by atoms with van der Waals surface area (Å²) in [6.07, 6.45) is -5.76. The molecular weight excluding hydrogens is 311 g/mol. The lowest BCUT2D eigenvalue weighted by Gasteiger charge is -2.38. The number of hydrogen-bond acceptors (Lipinski definition) is 3. The topological polar surface area (TPSA) is 49.8 Å². The zero-order valence-corrected chi connectivity index (χ0v) is 13.2. The second-order valence-electron chi connectivity index (χ2n) is 5.89. The van der Waals surface area contributed by atoms with Gasteiger partial charge in [0.2, 0.25) is 0 Å². The van der Waals surface area contributed by atoms with Crippen molar-refractivity contribution in [2.75, 3.05) is 4.90 Å². The molecule has 0 saturated heterocycles. The highest BCUT2D eigenvalue weighted by Gasteiger charge is 2.38. The number of aliphatic hydroxyl groups excluding tert-OH is 1. The number of aliphatic hydroxyl groups is 1. The Balaban J connectivity index is 2.48. The third-order valence-electron chi connectivity index (χ3n) is 3.84. The van der Waals surface area contributed by atoms with Crippen LogP contribution in [0.2, 0.25) is 0 Å². The van der Waals surface area contributed by atoms with Crippen molar-refractivity contribution in [2.45, 2.75) is 58.0 Å². The van der Waals surface area contributed by atoms with E-state index in [2.05, 4.69) is 0 Å². The van der Waals surface area contributed by atoms with Crippen LogP contribution in [-0.2, 0) is 10.9 Å². The van der Waals surface area contributed by atoms with E-state index in [0.717, 1.165) is 12.1 Å². The van der Waals surface area contributed by atoms with Crippen molar-refractivity contribution in [1.82, 2.24) is 0 Å². The lowest BCUT2D eigenvalue weighted by atomic mass is 9.91.